The maximum absolute atomic E-state index is 12.5. The number of aromatic nitrogens is 2. The van der Waals surface area contributed by atoms with E-state index in [0.29, 0.717) is 17.2 Å². The van der Waals surface area contributed by atoms with Crippen molar-refractivity contribution in [3.05, 3.63) is 78.1 Å². The third kappa shape index (κ3) is 5.26. The van der Waals surface area contributed by atoms with Gasteiger partial charge in [0, 0.05) is 42.5 Å². The van der Waals surface area contributed by atoms with E-state index in [4.69, 9.17) is 14.5 Å². The second-order valence-electron chi connectivity index (χ2n) is 7.64. The summed E-state index contributed by atoms with van der Waals surface area (Å²) in [7, 11) is 3.14. The molecular formula is C26H28N4O3. The highest BCUT2D eigenvalue weighted by Gasteiger charge is 2.10. The van der Waals surface area contributed by atoms with E-state index < -0.39 is 0 Å². The lowest BCUT2D eigenvalue weighted by Gasteiger charge is -2.12. The maximum Gasteiger partial charge on any atom is 0.323 e. The second kappa shape index (κ2) is 10.1. The number of ether oxygens (including phenoxy) is 2. The third-order valence-corrected chi connectivity index (χ3v) is 5.48. The molecule has 3 aromatic carbocycles. The fourth-order valence-corrected chi connectivity index (χ4v) is 3.90. The van der Waals surface area contributed by atoms with Crippen molar-refractivity contribution in [2.75, 3.05) is 24.9 Å². The number of carbonyl (C=O) groups is 1. The molecule has 0 radical (unpaired) electrons. The van der Waals surface area contributed by atoms with Crippen LogP contribution >= 0.6 is 0 Å². The summed E-state index contributed by atoms with van der Waals surface area (Å²) in [5, 5.41) is 5.72. The smallest absolute Gasteiger partial charge is 0.323 e. The van der Waals surface area contributed by atoms with Gasteiger partial charge in [0.05, 0.1) is 25.3 Å². The minimum Gasteiger partial charge on any atom is -0.497 e. The third-order valence-electron chi connectivity index (χ3n) is 5.48. The van der Waals surface area contributed by atoms with Gasteiger partial charge in [-0.25, -0.2) is 9.78 Å². The summed E-state index contributed by atoms with van der Waals surface area (Å²) < 4.78 is 12.8. The number of methoxy groups -OCH3 is 2. The molecule has 1 heterocycles. The second-order valence-corrected chi connectivity index (χ2v) is 7.64. The zero-order chi connectivity index (χ0) is 23.2. The average molecular weight is 445 g/mol. The lowest BCUT2D eigenvalue weighted by atomic mass is 10.1. The molecule has 7 heteroatoms. The van der Waals surface area contributed by atoms with Crippen LogP contribution in [-0.4, -0.2) is 29.8 Å². The summed E-state index contributed by atoms with van der Waals surface area (Å²) in [5.41, 5.74) is 4.62. The molecule has 0 bridgehead atoms. The fourth-order valence-electron chi connectivity index (χ4n) is 3.90. The standard InChI is InChI=1S/C26H28N4O3/c1-4-30-24-11-6-5-10-23(24)29-25(30)13-12-18-8-7-9-19(14-18)27-26(31)28-20-15-21(32-2)17-22(16-20)33-3/h5-11,14-17H,4,12-13H2,1-3H3,(H2,27,28,31). The molecule has 33 heavy (non-hydrogen) atoms. The number of hydrogen-bond acceptors (Lipinski definition) is 4. The molecular weight excluding hydrogens is 416 g/mol. The van der Waals surface area contributed by atoms with Crippen molar-refractivity contribution in [1.29, 1.82) is 0 Å². The van der Waals surface area contributed by atoms with Gasteiger partial charge in [-0.3, -0.25) is 0 Å². The summed E-state index contributed by atoms with van der Waals surface area (Å²) in [6.07, 6.45) is 1.65. The number of fused-ring (bicyclic) bond motifs is 1. The van der Waals surface area contributed by atoms with Crippen molar-refractivity contribution in [1.82, 2.24) is 9.55 Å². The van der Waals surface area contributed by atoms with Crippen LogP contribution in [0.3, 0.4) is 0 Å². The van der Waals surface area contributed by atoms with E-state index in [1.807, 2.05) is 36.4 Å². The number of amides is 2. The lowest BCUT2D eigenvalue weighted by Crippen LogP contribution is -2.19. The van der Waals surface area contributed by atoms with Crippen LogP contribution in [0.4, 0.5) is 16.2 Å². The van der Waals surface area contributed by atoms with Crippen LogP contribution in [0.1, 0.15) is 18.3 Å². The molecule has 2 N–H and O–H groups in total. The first-order valence-corrected chi connectivity index (χ1v) is 10.9. The number of rotatable bonds is 8. The minimum absolute atomic E-state index is 0.338. The van der Waals surface area contributed by atoms with Crippen LogP contribution in [0.5, 0.6) is 11.5 Å². The van der Waals surface area contributed by atoms with Gasteiger partial charge >= 0.3 is 6.03 Å². The Kier molecular flexibility index (Phi) is 6.78. The highest BCUT2D eigenvalue weighted by Crippen LogP contribution is 2.26. The summed E-state index contributed by atoms with van der Waals surface area (Å²) >= 11 is 0. The van der Waals surface area contributed by atoms with Crippen molar-refractivity contribution < 1.29 is 14.3 Å². The summed E-state index contributed by atoms with van der Waals surface area (Å²) in [5.74, 6) is 2.27. The van der Waals surface area contributed by atoms with E-state index in [1.54, 1.807) is 32.4 Å². The Bertz CT molecular complexity index is 1240. The molecule has 0 aliphatic carbocycles. The van der Waals surface area contributed by atoms with Crippen LogP contribution in [0, 0.1) is 0 Å². The Labute approximate surface area is 193 Å². The molecule has 0 aliphatic rings. The van der Waals surface area contributed by atoms with E-state index in [1.165, 1.54) is 0 Å². The molecule has 0 saturated carbocycles. The first kappa shape index (κ1) is 22.2. The summed E-state index contributed by atoms with van der Waals surface area (Å²) in [6, 6.07) is 21.0. The number of nitrogens with one attached hydrogen (secondary N) is 2. The number of aryl methyl sites for hydroxylation is 3. The monoisotopic (exact) mass is 444 g/mol. The molecule has 0 aliphatic heterocycles. The van der Waals surface area contributed by atoms with Gasteiger partial charge in [-0.1, -0.05) is 24.3 Å². The predicted molar refractivity (Wildman–Crippen MR) is 131 cm³/mol. The number of benzene rings is 3. The topological polar surface area (TPSA) is 77.4 Å². The van der Waals surface area contributed by atoms with Crippen molar-refractivity contribution in [3.8, 4) is 11.5 Å². The van der Waals surface area contributed by atoms with E-state index in [2.05, 4.69) is 34.3 Å². The van der Waals surface area contributed by atoms with E-state index in [9.17, 15) is 4.79 Å². The lowest BCUT2D eigenvalue weighted by molar-refractivity contribution is 0.262. The van der Waals surface area contributed by atoms with Crippen molar-refractivity contribution >= 4 is 28.4 Å². The van der Waals surface area contributed by atoms with Gasteiger partial charge in [0.15, 0.2) is 0 Å². The largest absolute Gasteiger partial charge is 0.497 e. The quantitative estimate of drug-likeness (QED) is 0.376. The van der Waals surface area contributed by atoms with Gasteiger partial charge in [-0.15, -0.1) is 0 Å². The fraction of sp³-hybridized carbons (Fsp3) is 0.231. The van der Waals surface area contributed by atoms with Crippen LogP contribution in [0.15, 0.2) is 66.7 Å². The normalized spacial score (nSPS) is 10.8. The maximum atomic E-state index is 12.5. The number of carbonyl (C=O) groups excluding carboxylic acids is 1. The highest BCUT2D eigenvalue weighted by molar-refractivity contribution is 6.00. The molecule has 1 aromatic heterocycles. The number of para-hydroxylation sites is 2. The number of urea groups is 1. The highest BCUT2D eigenvalue weighted by atomic mass is 16.5. The van der Waals surface area contributed by atoms with Crippen molar-refractivity contribution in [3.63, 3.8) is 0 Å². The Morgan fingerprint density at radius 3 is 2.33 bits per heavy atom. The van der Waals surface area contributed by atoms with E-state index in [-0.39, 0.29) is 6.03 Å². The zero-order valence-corrected chi connectivity index (χ0v) is 19.1. The molecule has 4 aromatic rings. The Hall–Kier alpha value is -4.00. The molecule has 0 fully saturated rings. The molecule has 0 atom stereocenters. The molecule has 0 spiro atoms. The molecule has 2 amide bonds. The van der Waals surface area contributed by atoms with Crippen LogP contribution in [-0.2, 0) is 19.4 Å². The van der Waals surface area contributed by atoms with Gasteiger partial charge in [0.2, 0.25) is 0 Å². The summed E-state index contributed by atoms with van der Waals surface area (Å²) in [4.78, 5) is 17.3. The van der Waals surface area contributed by atoms with Gasteiger partial charge in [0.25, 0.3) is 0 Å². The summed E-state index contributed by atoms with van der Waals surface area (Å²) in [6.45, 7) is 3.02. The predicted octanol–water partition coefficient (Wildman–Crippen LogP) is 5.50. The van der Waals surface area contributed by atoms with Crippen LogP contribution in [0.2, 0.25) is 0 Å². The van der Waals surface area contributed by atoms with Gasteiger partial charge in [0.1, 0.15) is 17.3 Å². The van der Waals surface area contributed by atoms with Crippen LogP contribution < -0.4 is 20.1 Å². The van der Waals surface area contributed by atoms with Crippen LogP contribution in [0.25, 0.3) is 11.0 Å². The van der Waals surface area contributed by atoms with Gasteiger partial charge in [-0.05, 0) is 43.2 Å². The number of anilines is 2. The molecule has 4 rings (SSSR count). The number of imidazole rings is 1. The zero-order valence-electron chi connectivity index (χ0n) is 19.1. The van der Waals surface area contributed by atoms with Gasteiger partial charge in [-0.2, -0.15) is 0 Å². The SMILES string of the molecule is CCn1c(CCc2cccc(NC(=O)Nc3cc(OC)cc(OC)c3)c2)nc2ccccc21. The number of nitrogens with zero attached hydrogens (tertiary/aromatic N) is 2. The molecule has 170 valence electrons. The van der Waals surface area contributed by atoms with Crippen molar-refractivity contribution in [2.45, 2.75) is 26.3 Å². The molecule has 7 nitrogen and oxygen atoms in total. The molecule has 0 saturated heterocycles. The van der Waals surface area contributed by atoms with E-state index >= 15 is 0 Å². The van der Waals surface area contributed by atoms with Gasteiger partial charge < -0.3 is 24.7 Å². The Balaban J connectivity index is 1.42. The number of hydrogen-bond donors (Lipinski definition) is 2. The van der Waals surface area contributed by atoms with E-state index in [0.717, 1.165) is 47.5 Å². The first-order valence-electron chi connectivity index (χ1n) is 10.9. The Morgan fingerprint density at radius 2 is 1.61 bits per heavy atom. The van der Waals surface area contributed by atoms with Crippen molar-refractivity contribution in [2.24, 2.45) is 0 Å². The minimum atomic E-state index is -0.338. The molecule has 0 unspecified atom stereocenters. The average Bonchev–Trinajstić information content (AvgIpc) is 3.20. The Morgan fingerprint density at radius 1 is 0.879 bits per heavy atom. The first-order chi connectivity index (χ1) is 16.1.